The highest BCUT2D eigenvalue weighted by molar-refractivity contribution is 5.77. The Balaban J connectivity index is 1.85. The third kappa shape index (κ3) is 3.75. The van der Waals surface area contributed by atoms with Crippen LogP contribution in [0.4, 0.5) is 0 Å². The average molecular weight is 272 g/mol. The lowest BCUT2D eigenvalue weighted by Crippen LogP contribution is -2.39. The van der Waals surface area contributed by atoms with Crippen LogP contribution in [0.15, 0.2) is 35.4 Å². The van der Waals surface area contributed by atoms with Gasteiger partial charge in [0.25, 0.3) is 0 Å². The van der Waals surface area contributed by atoms with Gasteiger partial charge in [0.1, 0.15) is 0 Å². The number of piperidine rings is 1. The number of nitrogens with zero attached hydrogens (tertiary/aromatic N) is 4. The van der Waals surface area contributed by atoms with E-state index in [4.69, 9.17) is 5.53 Å². The van der Waals surface area contributed by atoms with Crippen LogP contribution in [0.1, 0.15) is 37.7 Å². The zero-order valence-corrected chi connectivity index (χ0v) is 11.8. The third-order valence-electron chi connectivity index (χ3n) is 3.88. The summed E-state index contributed by atoms with van der Waals surface area (Å²) in [6.07, 6.45) is 2.08. The largest absolute Gasteiger partial charge is 0.343 e. The molecule has 106 valence electrons. The summed E-state index contributed by atoms with van der Waals surface area (Å²) in [6, 6.07) is 10.2. The van der Waals surface area contributed by atoms with Crippen LogP contribution < -0.4 is 0 Å². The van der Waals surface area contributed by atoms with Crippen molar-refractivity contribution in [2.45, 2.75) is 38.1 Å². The highest BCUT2D eigenvalue weighted by Gasteiger charge is 2.23. The van der Waals surface area contributed by atoms with E-state index in [0.717, 1.165) is 12.8 Å². The van der Waals surface area contributed by atoms with Gasteiger partial charge in [0.2, 0.25) is 5.91 Å². The second-order valence-electron chi connectivity index (χ2n) is 5.33. The summed E-state index contributed by atoms with van der Waals surface area (Å²) in [4.78, 5) is 17.0. The van der Waals surface area contributed by atoms with Crippen LogP contribution in [-0.2, 0) is 4.79 Å². The molecule has 0 radical (unpaired) electrons. The van der Waals surface area contributed by atoms with Crippen LogP contribution in [-0.4, -0.2) is 29.9 Å². The van der Waals surface area contributed by atoms with Crippen molar-refractivity contribution in [2.75, 3.05) is 13.1 Å². The second kappa shape index (κ2) is 6.96. The third-order valence-corrected chi connectivity index (χ3v) is 3.88. The quantitative estimate of drug-likeness (QED) is 0.470. The molecule has 1 aromatic carbocycles. The van der Waals surface area contributed by atoms with Gasteiger partial charge in [-0.3, -0.25) is 4.79 Å². The van der Waals surface area contributed by atoms with Crippen molar-refractivity contribution in [1.82, 2.24) is 4.90 Å². The predicted octanol–water partition coefficient (Wildman–Crippen LogP) is 3.48. The summed E-state index contributed by atoms with van der Waals surface area (Å²) in [7, 11) is 0. The number of hydrogen-bond donors (Lipinski definition) is 0. The van der Waals surface area contributed by atoms with Crippen LogP contribution in [0.5, 0.6) is 0 Å². The van der Waals surface area contributed by atoms with Crippen LogP contribution in [0.25, 0.3) is 10.4 Å². The van der Waals surface area contributed by atoms with Gasteiger partial charge < -0.3 is 4.90 Å². The van der Waals surface area contributed by atoms with Gasteiger partial charge in [-0.15, -0.1) is 0 Å². The fourth-order valence-corrected chi connectivity index (χ4v) is 2.59. The van der Waals surface area contributed by atoms with Crippen LogP contribution in [0, 0.1) is 0 Å². The molecule has 0 aromatic heterocycles. The molecule has 0 saturated carbocycles. The maximum absolute atomic E-state index is 12.3. The van der Waals surface area contributed by atoms with E-state index >= 15 is 0 Å². The Bertz CT molecular complexity index is 488. The molecule has 0 spiro atoms. The minimum atomic E-state index is 0.0515. The van der Waals surface area contributed by atoms with E-state index in [0.29, 0.717) is 19.5 Å². The van der Waals surface area contributed by atoms with Crippen molar-refractivity contribution >= 4 is 5.91 Å². The Morgan fingerprint density at radius 1 is 1.40 bits per heavy atom. The monoisotopic (exact) mass is 272 g/mol. The molecule has 20 heavy (non-hydrogen) atoms. The minimum absolute atomic E-state index is 0.0515. The molecule has 1 aliphatic heterocycles. The molecule has 1 saturated heterocycles. The summed E-state index contributed by atoms with van der Waals surface area (Å²) in [5, 5.41) is 3.73. The molecule has 1 unspecified atom stereocenters. The molecule has 0 bridgehead atoms. The van der Waals surface area contributed by atoms with Gasteiger partial charge in [0.05, 0.1) is 0 Å². The standard InChI is InChI=1S/C15H20N4O/c1-12(13-5-3-2-4-6-13)11-15(20)19-9-7-14(8-10-19)17-18-16/h2-6,12,14H,7-11H2,1H3. The Labute approximate surface area is 119 Å². The summed E-state index contributed by atoms with van der Waals surface area (Å²) in [5.74, 6) is 0.430. The van der Waals surface area contributed by atoms with Gasteiger partial charge in [-0.25, -0.2) is 0 Å². The molecule has 2 rings (SSSR count). The van der Waals surface area contributed by atoms with Crippen molar-refractivity contribution < 1.29 is 4.79 Å². The van der Waals surface area contributed by atoms with Gasteiger partial charge in [-0.05, 0) is 29.9 Å². The van der Waals surface area contributed by atoms with Gasteiger partial charge in [-0.2, -0.15) is 0 Å². The summed E-state index contributed by atoms with van der Waals surface area (Å²) in [5.41, 5.74) is 9.62. The molecule has 5 nitrogen and oxygen atoms in total. The fraction of sp³-hybridized carbons (Fsp3) is 0.533. The van der Waals surface area contributed by atoms with Crippen LogP contribution in [0.2, 0.25) is 0 Å². The maximum atomic E-state index is 12.3. The number of likely N-dealkylation sites (tertiary alicyclic amines) is 1. The number of azide groups is 1. The number of hydrogen-bond acceptors (Lipinski definition) is 2. The Kier molecular flexibility index (Phi) is 5.02. The fourth-order valence-electron chi connectivity index (χ4n) is 2.59. The number of carbonyl (C=O) groups excluding carboxylic acids is 1. The van der Waals surface area contributed by atoms with Gasteiger partial charge >= 0.3 is 0 Å². The molecular weight excluding hydrogens is 252 g/mol. The minimum Gasteiger partial charge on any atom is -0.343 e. The number of rotatable bonds is 4. The van der Waals surface area contributed by atoms with E-state index < -0.39 is 0 Å². The van der Waals surface area contributed by atoms with E-state index in [1.807, 2.05) is 23.1 Å². The Morgan fingerprint density at radius 3 is 2.65 bits per heavy atom. The predicted molar refractivity (Wildman–Crippen MR) is 78.2 cm³/mol. The first-order chi connectivity index (χ1) is 9.70. The number of carbonyl (C=O) groups is 1. The molecule has 0 aliphatic carbocycles. The topological polar surface area (TPSA) is 69.1 Å². The van der Waals surface area contributed by atoms with Crippen LogP contribution in [0.3, 0.4) is 0 Å². The summed E-state index contributed by atoms with van der Waals surface area (Å²) < 4.78 is 0. The lowest BCUT2D eigenvalue weighted by atomic mass is 9.96. The van der Waals surface area contributed by atoms with Crippen molar-refractivity contribution in [3.8, 4) is 0 Å². The summed E-state index contributed by atoms with van der Waals surface area (Å²) >= 11 is 0. The first-order valence-electron chi connectivity index (χ1n) is 7.07. The first kappa shape index (κ1) is 14.4. The van der Waals surface area contributed by atoms with E-state index in [9.17, 15) is 4.79 Å². The Hall–Kier alpha value is -2.00. The zero-order valence-electron chi connectivity index (χ0n) is 11.8. The molecule has 1 atom stereocenters. The van der Waals surface area contributed by atoms with Gasteiger partial charge in [0, 0.05) is 30.5 Å². The lowest BCUT2D eigenvalue weighted by molar-refractivity contribution is -0.132. The molecule has 1 amide bonds. The maximum Gasteiger partial charge on any atom is 0.223 e. The lowest BCUT2D eigenvalue weighted by Gasteiger charge is -2.30. The molecule has 0 N–H and O–H groups in total. The van der Waals surface area contributed by atoms with Crippen LogP contribution >= 0.6 is 0 Å². The first-order valence-corrected chi connectivity index (χ1v) is 7.07. The molecular formula is C15H20N4O. The van der Waals surface area contributed by atoms with E-state index in [2.05, 4.69) is 29.1 Å². The smallest absolute Gasteiger partial charge is 0.223 e. The number of benzene rings is 1. The van der Waals surface area contributed by atoms with Crippen molar-refractivity contribution in [2.24, 2.45) is 5.11 Å². The highest BCUT2D eigenvalue weighted by atomic mass is 16.2. The van der Waals surface area contributed by atoms with Crippen molar-refractivity contribution in [3.63, 3.8) is 0 Å². The van der Waals surface area contributed by atoms with E-state index in [-0.39, 0.29) is 17.9 Å². The normalized spacial score (nSPS) is 17.4. The van der Waals surface area contributed by atoms with Gasteiger partial charge in [0.15, 0.2) is 0 Å². The van der Waals surface area contributed by atoms with Crippen molar-refractivity contribution in [3.05, 3.63) is 46.3 Å². The molecule has 1 fully saturated rings. The Morgan fingerprint density at radius 2 is 2.05 bits per heavy atom. The van der Waals surface area contributed by atoms with Crippen molar-refractivity contribution in [1.29, 1.82) is 0 Å². The molecule has 1 aromatic rings. The SMILES string of the molecule is CC(CC(=O)N1CCC(N=[N+]=[N-])CC1)c1ccccc1. The number of amides is 1. The highest BCUT2D eigenvalue weighted by Crippen LogP contribution is 2.21. The van der Waals surface area contributed by atoms with E-state index in [1.54, 1.807) is 0 Å². The zero-order chi connectivity index (χ0) is 14.4. The van der Waals surface area contributed by atoms with Gasteiger partial charge in [-0.1, -0.05) is 42.4 Å². The summed E-state index contributed by atoms with van der Waals surface area (Å²) in [6.45, 7) is 3.48. The second-order valence-corrected chi connectivity index (χ2v) is 5.33. The van der Waals surface area contributed by atoms with E-state index in [1.165, 1.54) is 5.56 Å². The average Bonchev–Trinajstić information content (AvgIpc) is 2.49. The molecule has 1 aliphatic rings. The molecule has 1 heterocycles. The molecule has 5 heteroatoms.